The van der Waals surface area contributed by atoms with Gasteiger partial charge in [-0.2, -0.15) is 0 Å². The summed E-state index contributed by atoms with van der Waals surface area (Å²) in [6.07, 6.45) is 6.09. The molecule has 0 fully saturated rings. The lowest BCUT2D eigenvalue weighted by Crippen LogP contribution is -2.17. The predicted octanol–water partition coefficient (Wildman–Crippen LogP) is 15.9. The van der Waals surface area contributed by atoms with Gasteiger partial charge in [-0.05, 0) is 118 Å². The number of para-hydroxylation sites is 1. The largest absolute Gasteiger partial charge is 0.310 e. The summed E-state index contributed by atoms with van der Waals surface area (Å²) in [4.78, 5) is 4.73. The summed E-state index contributed by atoms with van der Waals surface area (Å²) >= 11 is 0. The number of hydrogen-bond acceptors (Lipinski definition) is 2. The number of hydrogen-bond donors (Lipinski definition) is 0. The normalized spacial score (nSPS) is 13.2. The van der Waals surface area contributed by atoms with E-state index >= 15 is 0 Å². The van der Waals surface area contributed by atoms with Crippen LogP contribution in [0, 0.1) is 0 Å². The molecule has 2 heteroatoms. The molecule has 2 nitrogen and oxygen atoms in total. The molecule has 0 aliphatic heterocycles. The molecule has 0 unspecified atom stereocenters. The minimum Gasteiger partial charge on any atom is -0.310 e. The topological polar surface area (TPSA) is 6.48 Å². The van der Waals surface area contributed by atoms with Gasteiger partial charge in [-0.25, -0.2) is 0 Å². The summed E-state index contributed by atoms with van der Waals surface area (Å²) in [7, 11) is 0. The number of allylic oxidation sites excluding steroid dienone is 5. The zero-order valence-corrected chi connectivity index (χ0v) is 33.3. The highest BCUT2D eigenvalue weighted by Gasteiger charge is 2.35. The maximum absolute atomic E-state index is 3.92. The molecule has 0 atom stereocenters. The van der Waals surface area contributed by atoms with Crippen LogP contribution >= 0.6 is 0 Å². The van der Waals surface area contributed by atoms with Gasteiger partial charge in [0.05, 0.1) is 5.69 Å². The SMILES string of the molecule is C=C/C=C\C1=C(C)C(C)(C)c2cc(N(c3ccc(-c4ccccc4)cc3)c3ccc(-c4ccc(N(c5ccccc5)c5cccc6ccccc56)cc4)cc3)ccc21. The number of fused-ring (bicyclic) bond motifs is 2. The maximum atomic E-state index is 3.92. The van der Waals surface area contributed by atoms with E-state index in [-0.39, 0.29) is 5.41 Å². The lowest BCUT2D eigenvalue weighted by Gasteiger charge is -2.29. The number of rotatable bonds is 10. The molecule has 0 heterocycles. The van der Waals surface area contributed by atoms with Crippen LogP contribution in [0.4, 0.5) is 34.1 Å². The van der Waals surface area contributed by atoms with E-state index in [1.807, 2.05) is 12.2 Å². The fourth-order valence-electron chi connectivity index (χ4n) is 8.44. The van der Waals surface area contributed by atoms with Crippen LogP contribution in [0.1, 0.15) is 31.9 Å². The van der Waals surface area contributed by atoms with Crippen LogP contribution in [-0.4, -0.2) is 0 Å². The van der Waals surface area contributed by atoms with Crippen molar-refractivity contribution in [1.82, 2.24) is 0 Å². The van der Waals surface area contributed by atoms with E-state index < -0.39 is 0 Å². The molecule has 0 radical (unpaired) electrons. The van der Waals surface area contributed by atoms with Gasteiger partial charge in [0, 0.05) is 39.2 Å². The Balaban J connectivity index is 1.08. The van der Waals surface area contributed by atoms with Crippen molar-refractivity contribution in [3.05, 3.63) is 236 Å². The highest BCUT2D eigenvalue weighted by Crippen LogP contribution is 2.49. The van der Waals surface area contributed by atoms with Crippen molar-refractivity contribution in [2.45, 2.75) is 26.2 Å². The van der Waals surface area contributed by atoms with Crippen LogP contribution in [0.25, 0.3) is 38.6 Å². The smallest absolute Gasteiger partial charge is 0.0540 e. The highest BCUT2D eigenvalue weighted by molar-refractivity contribution is 5.99. The zero-order valence-electron chi connectivity index (χ0n) is 33.3. The monoisotopic (exact) mass is 746 g/mol. The molecule has 0 N–H and O–H groups in total. The van der Waals surface area contributed by atoms with E-state index in [1.165, 1.54) is 55.3 Å². The Hall–Kier alpha value is -7.16. The Morgan fingerprint density at radius 2 is 0.948 bits per heavy atom. The van der Waals surface area contributed by atoms with Gasteiger partial charge in [-0.3, -0.25) is 0 Å². The van der Waals surface area contributed by atoms with Gasteiger partial charge >= 0.3 is 0 Å². The van der Waals surface area contributed by atoms with Crippen LogP contribution < -0.4 is 9.80 Å². The van der Waals surface area contributed by atoms with Gasteiger partial charge in [-0.1, -0.05) is 172 Å². The molecular formula is C56H46N2. The minimum absolute atomic E-state index is 0.102. The molecule has 0 bridgehead atoms. The average molecular weight is 747 g/mol. The zero-order chi connectivity index (χ0) is 39.6. The fraction of sp³-hybridized carbons (Fsp3) is 0.0714. The molecule has 1 aliphatic rings. The summed E-state index contributed by atoms with van der Waals surface area (Å²) in [6.45, 7) is 10.8. The first kappa shape index (κ1) is 36.5. The predicted molar refractivity (Wildman–Crippen MR) is 249 cm³/mol. The van der Waals surface area contributed by atoms with E-state index in [0.717, 1.165) is 34.1 Å². The lowest BCUT2D eigenvalue weighted by molar-refractivity contribution is 0.639. The van der Waals surface area contributed by atoms with E-state index in [1.54, 1.807) is 0 Å². The van der Waals surface area contributed by atoms with Gasteiger partial charge in [0.1, 0.15) is 0 Å². The van der Waals surface area contributed by atoms with Crippen molar-refractivity contribution < 1.29 is 0 Å². The van der Waals surface area contributed by atoms with Crippen LogP contribution in [0.3, 0.4) is 0 Å². The number of anilines is 6. The molecule has 1 aliphatic carbocycles. The van der Waals surface area contributed by atoms with E-state index in [4.69, 9.17) is 0 Å². The first-order valence-electron chi connectivity index (χ1n) is 20.1. The quantitative estimate of drug-likeness (QED) is 0.129. The Morgan fingerprint density at radius 3 is 1.55 bits per heavy atom. The van der Waals surface area contributed by atoms with Gasteiger partial charge in [-0.15, -0.1) is 0 Å². The molecular weight excluding hydrogens is 701 g/mol. The molecule has 8 aromatic rings. The number of nitrogens with zero attached hydrogens (tertiary/aromatic N) is 2. The lowest BCUT2D eigenvalue weighted by atomic mass is 9.82. The number of benzene rings is 8. The average Bonchev–Trinajstić information content (AvgIpc) is 3.47. The van der Waals surface area contributed by atoms with Crippen LogP contribution in [-0.2, 0) is 5.41 Å². The van der Waals surface area contributed by atoms with Gasteiger partial charge in [0.2, 0.25) is 0 Å². The Labute approximate surface area is 343 Å². The second-order valence-corrected chi connectivity index (χ2v) is 15.5. The van der Waals surface area contributed by atoms with Crippen LogP contribution in [0.2, 0.25) is 0 Å². The molecule has 0 aromatic heterocycles. The Morgan fingerprint density at radius 1 is 0.466 bits per heavy atom. The van der Waals surface area contributed by atoms with Crippen molar-refractivity contribution in [3.63, 3.8) is 0 Å². The summed E-state index contributed by atoms with van der Waals surface area (Å²) in [5.41, 5.74) is 16.6. The third-order valence-corrected chi connectivity index (χ3v) is 11.8. The van der Waals surface area contributed by atoms with E-state index in [9.17, 15) is 0 Å². The van der Waals surface area contributed by atoms with E-state index in [0.29, 0.717) is 0 Å². The minimum atomic E-state index is -0.102. The summed E-state index contributed by atoms with van der Waals surface area (Å²) in [5.74, 6) is 0. The van der Waals surface area contributed by atoms with Crippen molar-refractivity contribution in [1.29, 1.82) is 0 Å². The molecule has 58 heavy (non-hydrogen) atoms. The molecule has 9 rings (SSSR count). The van der Waals surface area contributed by atoms with Crippen molar-refractivity contribution in [3.8, 4) is 22.3 Å². The van der Waals surface area contributed by atoms with Crippen LogP contribution in [0.15, 0.2) is 225 Å². The standard InChI is InChI=1S/C56H46N2/c1-5-6-22-51-40(2)56(3,4)54-39-50(37-38-53(51)54)57(47-31-25-42(26-32-47)41-16-9-7-10-17-41)48-33-27-43(28-34-48)44-29-35-49(36-30-44)58(46-20-11-8-12-21-46)55-24-15-19-45-18-13-14-23-52(45)55/h5-39H,1H2,2-4H3/b22-6-. The summed E-state index contributed by atoms with van der Waals surface area (Å²) in [5, 5.41) is 2.44. The highest BCUT2D eigenvalue weighted by atomic mass is 15.1. The van der Waals surface area contributed by atoms with Crippen molar-refractivity contribution in [2.75, 3.05) is 9.80 Å². The summed E-state index contributed by atoms with van der Waals surface area (Å²) in [6, 6.07) is 70.2. The fourth-order valence-corrected chi connectivity index (χ4v) is 8.44. The van der Waals surface area contributed by atoms with E-state index in [2.05, 4.69) is 237 Å². The first-order chi connectivity index (χ1) is 28.4. The molecule has 0 amide bonds. The van der Waals surface area contributed by atoms with Gasteiger partial charge in [0.25, 0.3) is 0 Å². The van der Waals surface area contributed by atoms with Crippen molar-refractivity contribution >= 4 is 50.5 Å². The molecule has 0 spiro atoms. The third-order valence-electron chi connectivity index (χ3n) is 11.8. The second-order valence-electron chi connectivity index (χ2n) is 15.5. The van der Waals surface area contributed by atoms with Gasteiger partial charge < -0.3 is 9.80 Å². The third kappa shape index (κ3) is 6.73. The summed E-state index contributed by atoms with van der Waals surface area (Å²) < 4.78 is 0. The first-order valence-corrected chi connectivity index (χ1v) is 20.1. The molecule has 8 aromatic carbocycles. The van der Waals surface area contributed by atoms with Crippen molar-refractivity contribution in [2.24, 2.45) is 0 Å². The van der Waals surface area contributed by atoms with Gasteiger partial charge in [0.15, 0.2) is 0 Å². The Bertz CT molecular complexity index is 2790. The Kier molecular flexibility index (Phi) is 9.69. The molecule has 280 valence electrons. The maximum Gasteiger partial charge on any atom is 0.0540 e. The molecule has 0 saturated heterocycles. The van der Waals surface area contributed by atoms with Crippen LogP contribution in [0.5, 0.6) is 0 Å². The molecule has 0 saturated carbocycles. The second kappa shape index (κ2) is 15.4.